The van der Waals surface area contributed by atoms with E-state index in [1.807, 2.05) is 0 Å². The fourth-order valence-electron chi connectivity index (χ4n) is 4.27. The fraction of sp³-hybridized carbons (Fsp3) is 0.944. The molecule has 2 bridgehead atoms. The standard InChI is InChI=1S/C18H33N3O3/c1-2-3-4-15(16-11-20-10-14(9-19)23-16)18(22)24-17-12-21-7-5-13(17)6-8-21/h13-17,20H,2-12,19H2,1H3/t14-,15?,16?,17+/m1/s1. The van der Waals surface area contributed by atoms with Crippen LogP contribution in [0.3, 0.4) is 0 Å². The smallest absolute Gasteiger partial charge is 0.311 e. The van der Waals surface area contributed by atoms with Crippen molar-refractivity contribution in [3.8, 4) is 0 Å². The third kappa shape index (κ3) is 4.28. The van der Waals surface area contributed by atoms with Crippen LogP contribution in [0.15, 0.2) is 0 Å². The van der Waals surface area contributed by atoms with Crippen LogP contribution in [0.1, 0.15) is 39.0 Å². The number of esters is 1. The highest BCUT2D eigenvalue weighted by molar-refractivity contribution is 5.73. The molecule has 0 saturated carbocycles. The number of nitrogens with one attached hydrogen (secondary N) is 1. The van der Waals surface area contributed by atoms with Gasteiger partial charge in [-0.3, -0.25) is 9.69 Å². The summed E-state index contributed by atoms with van der Waals surface area (Å²) in [7, 11) is 0. The molecule has 0 amide bonds. The largest absolute Gasteiger partial charge is 0.460 e. The molecule has 4 fully saturated rings. The lowest BCUT2D eigenvalue weighted by atomic mass is 9.85. The quantitative estimate of drug-likeness (QED) is 0.667. The minimum Gasteiger partial charge on any atom is -0.460 e. The number of rotatable bonds is 7. The number of carbonyl (C=O) groups is 1. The number of ether oxygens (including phenoxy) is 2. The van der Waals surface area contributed by atoms with Crippen LogP contribution in [-0.2, 0) is 14.3 Å². The second-order valence-electron chi connectivity index (χ2n) is 7.55. The molecule has 4 heterocycles. The summed E-state index contributed by atoms with van der Waals surface area (Å²) in [6, 6.07) is 0. The summed E-state index contributed by atoms with van der Waals surface area (Å²) in [5.41, 5.74) is 5.75. The van der Waals surface area contributed by atoms with Gasteiger partial charge in [-0.1, -0.05) is 19.8 Å². The molecular formula is C18H33N3O3. The molecule has 4 rings (SSSR count). The number of hydrogen-bond donors (Lipinski definition) is 2. The molecule has 0 aliphatic carbocycles. The number of morpholine rings is 1. The monoisotopic (exact) mass is 339 g/mol. The molecule has 4 saturated heterocycles. The van der Waals surface area contributed by atoms with Gasteiger partial charge in [-0.2, -0.15) is 0 Å². The number of piperidine rings is 3. The number of nitrogens with two attached hydrogens (primary N) is 1. The van der Waals surface area contributed by atoms with Crippen LogP contribution < -0.4 is 11.1 Å². The van der Waals surface area contributed by atoms with Crippen LogP contribution in [0.5, 0.6) is 0 Å². The van der Waals surface area contributed by atoms with Gasteiger partial charge in [-0.15, -0.1) is 0 Å². The second kappa shape index (κ2) is 8.61. The predicted molar refractivity (Wildman–Crippen MR) is 92.6 cm³/mol. The Balaban J connectivity index is 1.60. The Morgan fingerprint density at radius 1 is 1.38 bits per heavy atom. The van der Waals surface area contributed by atoms with E-state index in [1.165, 1.54) is 0 Å². The van der Waals surface area contributed by atoms with Crippen LogP contribution in [0.25, 0.3) is 0 Å². The van der Waals surface area contributed by atoms with E-state index in [1.54, 1.807) is 0 Å². The highest BCUT2D eigenvalue weighted by Gasteiger charge is 2.40. The third-order valence-corrected chi connectivity index (χ3v) is 5.83. The SMILES string of the molecule is CCCCC(C(=O)O[C@H]1CN2CCC1CC2)C1CNC[C@@H](CN)O1. The molecule has 0 aromatic rings. The van der Waals surface area contributed by atoms with Crippen molar-refractivity contribution in [2.45, 2.75) is 57.3 Å². The molecule has 24 heavy (non-hydrogen) atoms. The zero-order valence-electron chi connectivity index (χ0n) is 14.9. The van der Waals surface area contributed by atoms with Crippen molar-refractivity contribution in [1.29, 1.82) is 0 Å². The first-order valence-electron chi connectivity index (χ1n) is 9.70. The summed E-state index contributed by atoms with van der Waals surface area (Å²) in [5.74, 6) is 0.307. The van der Waals surface area contributed by atoms with Crippen LogP contribution in [0.4, 0.5) is 0 Å². The van der Waals surface area contributed by atoms with E-state index in [2.05, 4.69) is 17.1 Å². The molecular weight excluding hydrogens is 306 g/mol. The highest BCUT2D eigenvalue weighted by Crippen LogP contribution is 2.31. The number of unbranched alkanes of at least 4 members (excludes halogenated alkanes) is 1. The van der Waals surface area contributed by atoms with E-state index in [0.717, 1.165) is 58.3 Å². The zero-order valence-corrected chi connectivity index (χ0v) is 14.9. The second-order valence-corrected chi connectivity index (χ2v) is 7.55. The van der Waals surface area contributed by atoms with Crippen molar-refractivity contribution >= 4 is 5.97 Å². The molecule has 6 nitrogen and oxygen atoms in total. The molecule has 0 aromatic heterocycles. The Kier molecular flexibility index (Phi) is 6.49. The van der Waals surface area contributed by atoms with Crippen LogP contribution >= 0.6 is 0 Å². The van der Waals surface area contributed by atoms with Crippen molar-refractivity contribution in [3.63, 3.8) is 0 Å². The van der Waals surface area contributed by atoms with Gasteiger partial charge < -0.3 is 20.5 Å². The van der Waals surface area contributed by atoms with Gasteiger partial charge in [0.2, 0.25) is 0 Å². The van der Waals surface area contributed by atoms with Gasteiger partial charge in [0.15, 0.2) is 0 Å². The van der Waals surface area contributed by atoms with E-state index in [0.29, 0.717) is 19.0 Å². The minimum absolute atomic E-state index is 0.00233. The van der Waals surface area contributed by atoms with Gasteiger partial charge in [0.1, 0.15) is 6.10 Å². The topological polar surface area (TPSA) is 76.8 Å². The summed E-state index contributed by atoms with van der Waals surface area (Å²) in [6.45, 7) is 7.34. The van der Waals surface area contributed by atoms with Gasteiger partial charge in [-0.05, 0) is 38.3 Å². The Morgan fingerprint density at radius 3 is 2.79 bits per heavy atom. The van der Waals surface area contributed by atoms with E-state index in [9.17, 15) is 4.79 Å². The summed E-state index contributed by atoms with van der Waals surface area (Å²) in [5, 5.41) is 3.36. The molecule has 3 N–H and O–H groups in total. The first kappa shape index (κ1) is 18.1. The molecule has 0 aromatic carbocycles. The number of nitrogens with zero attached hydrogens (tertiary/aromatic N) is 1. The summed E-state index contributed by atoms with van der Waals surface area (Å²) in [4.78, 5) is 15.3. The molecule has 6 heteroatoms. The first-order valence-corrected chi connectivity index (χ1v) is 9.70. The third-order valence-electron chi connectivity index (χ3n) is 5.83. The van der Waals surface area contributed by atoms with E-state index < -0.39 is 0 Å². The van der Waals surface area contributed by atoms with Crippen LogP contribution in [0.2, 0.25) is 0 Å². The van der Waals surface area contributed by atoms with Crippen LogP contribution in [0, 0.1) is 11.8 Å². The summed E-state index contributed by atoms with van der Waals surface area (Å²) < 4.78 is 12.1. The highest BCUT2D eigenvalue weighted by atomic mass is 16.6. The zero-order chi connectivity index (χ0) is 16.9. The summed E-state index contributed by atoms with van der Waals surface area (Å²) >= 11 is 0. The maximum atomic E-state index is 12.9. The lowest BCUT2D eigenvalue weighted by molar-refractivity contribution is -0.172. The van der Waals surface area contributed by atoms with Crippen molar-refractivity contribution in [2.24, 2.45) is 17.6 Å². The average Bonchev–Trinajstić information content (AvgIpc) is 2.63. The molecule has 0 radical (unpaired) electrons. The maximum absolute atomic E-state index is 12.9. The van der Waals surface area contributed by atoms with Gasteiger partial charge in [0, 0.05) is 26.2 Å². The van der Waals surface area contributed by atoms with Gasteiger partial charge in [-0.25, -0.2) is 0 Å². The maximum Gasteiger partial charge on any atom is 0.311 e. The van der Waals surface area contributed by atoms with E-state index in [-0.39, 0.29) is 30.2 Å². The number of hydrogen-bond acceptors (Lipinski definition) is 6. The molecule has 4 aliphatic rings. The number of fused-ring (bicyclic) bond motifs is 3. The van der Waals surface area contributed by atoms with E-state index >= 15 is 0 Å². The van der Waals surface area contributed by atoms with Crippen LogP contribution in [-0.4, -0.2) is 68.4 Å². The predicted octanol–water partition coefficient (Wildman–Crippen LogP) is 0.746. The summed E-state index contributed by atoms with van der Waals surface area (Å²) in [6.07, 6.45) is 5.20. The van der Waals surface area contributed by atoms with Gasteiger partial charge in [0.25, 0.3) is 0 Å². The van der Waals surface area contributed by atoms with E-state index in [4.69, 9.17) is 15.2 Å². The molecule has 2 unspecified atom stereocenters. The van der Waals surface area contributed by atoms with Gasteiger partial charge in [0.05, 0.1) is 18.1 Å². The first-order chi connectivity index (χ1) is 11.7. The molecule has 4 aliphatic heterocycles. The number of carbonyl (C=O) groups excluding carboxylic acids is 1. The van der Waals surface area contributed by atoms with Crippen molar-refractivity contribution in [2.75, 3.05) is 39.3 Å². The lowest BCUT2D eigenvalue weighted by Gasteiger charge is -2.44. The minimum atomic E-state index is -0.178. The normalized spacial score (nSPS) is 37.2. The van der Waals surface area contributed by atoms with Crippen molar-refractivity contribution < 1.29 is 14.3 Å². The average molecular weight is 339 g/mol. The van der Waals surface area contributed by atoms with Crippen molar-refractivity contribution in [1.82, 2.24) is 10.2 Å². The lowest BCUT2D eigenvalue weighted by Crippen LogP contribution is -2.54. The van der Waals surface area contributed by atoms with Gasteiger partial charge >= 0.3 is 5.97 Å². The Labute approximate surface area is 145 Å². The fourth-order valence-corrected chi connectivity index (χ4v) is 4.27. The molecule has 4 atom stereocenters. The molecule has 138 valence electrons. The Hall–Kier alpha value is -0.690. The van der Waals surface area contributed by atoms with Crippen molar-refractivity contribution in [3.05, 3.63) is 0 Å². The Morgan fingerprint density at radius 2 is 2.17 bits per heavy atom. The molecule has 0 spiro atoms. The Bertz CT molecular complexity index is 412.